The molecular formula is C26H28O2P2. The first-order valence-electron chi connectivity index (χ1n) is 10.3. The SMILES string of the molecule is O[PH](CC[PH](O)(c1ccccc1)c1ccccc1)(c1ccccc1)c1ccccc1. The second-order valence-corrected chi connectivity index (χ2v) is 14.4. The molecule has 0 radical (unpaired) electrons. The molecule has 0 unspecified atom stereocenters. The zero-order valence-electron chi connectivity index (χ0n) is 16.9. The van der Waals surface area contributed by atoms with Gasteiger partial charge in [0.05, 0.1) is 0 Å². The van der Waals surface area contributed by atoms with Crippen LogP contribution in [0.4, 0.5) is 0 Å². The van der Waals surface area contributed by atoms with Gasteiger partial charge in [0.15, 0.2) is 0 Å². The Morgan fingerprint density at radius 3 is 0.767 bits per heavy atom. The van der Waals surface area contributed by atoms with Crippen LogP contribution in [-0.2, 0) is 0 Å². The van der Waals surface area contributed by atoms with Crippen molar-refractivity contribution in [1.82, 2.24) is 0 Å². The van der Waals surface area contributed by atoms with Gasteiger partial charge in [0, 0.05) is 0 Å². The fourth-order valence-electron chi connectivity index (χ4n) is 4.13. The van der Waals surface area contributed by atoms with Crippen LogP contribution in [0.2, 0.25) is 0 Å². The minimum atomic E-state index is -3.00. The van der Waals surface area contributed by atoms with E-state index in [1.165, 1.54) is 0 Å². The molecular weight excluding hydrogens is 406 g/mol. The Morgan fingerprint density at radius 1 is 0.367 bits per heavy atom. The van der Waals surface area contributed by atoms with E-state index < -0.39 is 15.0 Å². The van der Waals surface area contributed by atoms with Crippen LogP contribution >= 0.6 is 15.0 Å². The molecule has 0 fully saturated rings. The summed E-state index contributed by atoms with van der Waals surface area (Å²) in [5.74, 6) is 0. The maximum absolute atomic E-state index is 12.1. The summed E-state index contributed by atoms with van der Waals surface area (Å²) < 4.78 is 0. The standard InChI is InChI=1S/C26H28O2P2/c27-29(23-13-5-1-6-14-23,24-15-7-2-8-16-24)21-22-30(28,25-17-9-3-10-18-25)26-19-11-4-12-20-26/h1-20,27-30H,21-22H2. The van der Waals surface area contributed by atoms with Crippen molar-refractivity contribution in [2.24, 2.45) is 0 Å². The molecule has 4 aromatic carbocycles. The molecule has 4 rings (SSSR count). The van der Waals surface area contributed by atoms with E-state index in [9.17, 15) is 9.79 Å². The Kier molecular flexibility index (Phi) is 6.42. The summed E-state index contributed by atoms with van der Waals surface area (Å²) in [6.07, 6.45) is 1.13. The number of benzene rings is 4. The molecule has 0 aromatic heterocycles. The van der Waals surface area contributed by atoms with Crippen molar-refractivity contribution in [1.29, 1.82) is 0 Å². The van der Waals surface area contributed by atoms with Crippen LogP contribution in [0.25, 0.3) is 0 Å². The average Bonchev–Trinajstić information content (AvgIpc) is 2.84. The van der Waals surface area contributed by atoms with Crippen LogP contribution in [0, 0.1) is 0 Å². The first-order valence-corrected chi connectivity index (χ1v) is 14.6. The fourth-order valence-corrected chi connectivity index (χ4v) is 11.8. The third-order valence-electron chi connectivity index (χ3n) is 5.85. The minimum absolute atomic E-state index is 0.563. The predicted molar refractivity (Wildman–Crippen MR) is 135 cm³/mol. The van der Waals surface area contributed by atoms with Crippen LogP contribution in [0.1, 0.15) is 0 Å². The zero-order chi connectivity index (χ0) is 20.9. The van der Waals surface area contributed by atoms with Crippen LogP contribution in [0.5, 0.6) is 0 Å². The number of hydrogen-bond acceptors (Lipinski definition) is 2. The third kappa shape index (κ3) is 4.24. The van der Waals surface area contributed by atoms with Crippen molar-refractivity contribution in [3.8, 4) is 0 Å². The Balaban J connectivity index is 1.76. The van der Waals surface area contributed by atoms with Crippen molar-refractivity contribution in [2.45, 2.75) is 0 Å². The number of rotatable bonds is 7. The van der Waals surface area contributed by atoms with E-state index in [0.717, 1.165) is 21.2 Å². The van der Waals surface area contributed by atoms with E-state index in [1.54, 1.807) is 0 Å². The Hall–Kier alpha value is -2.34. The van der Waals surface area contributed by atoms with Crippen molar-refractivity contribution in [2.75, 3.05) is 12.3 Å². The van der Waals surface area contributed by atoms with E-state index in [1.807, 2.05) is 121 Å². The third-order valence-corrected chi connectivity index (χ3v) is 13.5. The summed E-state index contributed by atoms with van der Waals surface area (Å²) in [6, 6.07) is 39.9. The van der Waals surface area contributed by atoms with Crippen LogP contribution in [0.3, 0.4) is 0 Å². The van der Waals surface area contributed by atoms with Gasteiger partial charge in [-0.2, -0.15) is 0 Å². The summed E-state index contributed by atoms with van der Waals surface area (Å²) in [5.41, 5.74) is 0. The summed E-state index contributed by atoms with van der Waals surface area (Å²) >= 11 is 0. The number of hydrogen-bond donors (Lipinski definition) is 2. The molecule has 2 N–H and O–H groups in total. The molecule has 0 amide bonds. The molecule has 0 saturated heterocycles. The summed E-state index contributed by atoms with van der Waals surface area (Å²) in [7, 11) is -6.00. The Labute approximate surface area is 179 Å². The van der Waals surface area contributed by atoms with E-state index >= 15 is 0 Å². The molecule has 0 saturated carbocycles. The molecule has 30 heavy (non-hydrogen) atoms. The van der Waals surface area contributed by atoms with Crippen molar-refractivity contribution >= 4 is 36.2 Å². The molecule has 0 aliphatic carbocycles. The average molecular weight is 434 g/mol. The van der Waals surface area contributed by atoms with E-state index in [-0.39, 0.29) is 0 Å². The van der Waals surface area contributed by atoms with Gasteiger partial charge < -0.3 is 0 Å². The van der Waals surface area contributed by atoms with Gasteiger partial charge in [-0.1, -0.05) is 0 Å². The van der Waals surface area contributed by atoms with Crippen molar-refractivity contribution in [3.63, 3.8) is 0 Å². The van der Waals surface area contributed by atoms with Gasteiger partial charge >= 0.3 is 180 Å². The second kappa shape index (κ2) is 9.21. The quantitative estimate of drug-likeness (QED) is 0.437. The van der Waals surface area contributed by atoms with E-state index in [4.69, 9.17) is 0 Å². The molecule has 0 aliphatic rings. The van der Waals surface area contributed by atoms with Gasteiger partial charge in [0.25, 0.3) is 0 Å². The first kappa shape index (κ1) is 20.9. The molecule has 2 nitrogen and oxygen atoms in total. The summed E-state index contributed by atoms with van der Waals surface area (Å²) in [4.78, 5) is 24.1. The van der Waals surface area contributed by atoms with E-state index in [2.05, 4.69) is 0 Å². The molecule has 4 aromatic rings. The molecule has 154 valence electrons. The van der Waals surface area contributed by atoms with Gasteiger partial charge in [-0.05, 0) is 0 Å². The van der Waals surface area contributed by atoms with Crippen molar-refractivity contribution in [3.05, 3.63) is 121 Å². The second-order valence-electron chi connectivity index (χ2n) is 7.68. The summed E-state index contributed by atoms with van der Waals surface area (Å²) in [5, 5.41) is 3.92. The maximum atomic E-state index is 12.1. The Bertz CT molecular complexity index is 887. The van der Waals surface area contributed by atoms with Crippen LogP contribution < -0.4 is 21.2 Å². The zero-order valence-corrected chi connectivity index (χ0v) is 18.9. The summed E-state index contributed by atoms with van der Waals surface area (Å²) in [6.45, 7) is 0. The molecule has 0 aliphatic heterocycles. The topological polar surface area (TPSA) is 40.5 Å². The molecule has 4 heteroatoms. The first-order chi connectivity index (χ1) is 14.6. The van der Waals surface area contributed by atoms with Gasteiger partial charge in [-0.15, -0.1) is 0 Å². The molecule has 0 spiro atoms. The van der Waals surface area contributed by atoms with Crippen molar-refractivity contribution < 1.29 is 9.79 Å². The van der Waals surface area contributed by atoms with Gasteiger partial charge in [-0.25, -0.2) is 0 Å². The van der Waals surface area contributed by atoms with Gasteiger partial charge in [0.2, 0.25) is 0 Å². The van der Waals surface area contributed by atoms with Crippen LogP contribution in [-0.4, -0.2) is 22.1 Å². The van der Waals surface area contributed by atoms with Crippen LogP contribution in [0.15, 0.2) is 121 Å². The molecule has 0 atom stereocenters. The van der Waals surface area contributed by atoms with E-state index in [0.29, 0.717) is 12.3 Å². The Morgan fingerprint density at radius 2 is 0.567 bits per heavy atom. The molecule has 0 heterocycles. The van der Waals surface area contributed by atoms with Gasteiger partial charge in [0.1, 0.15) is 0 Å². The fraction of sp³-hybridized carbons (Fsp3) is 0.0769. The normalized spacial score (nSPS) is 13.0. The monoisotopic (exact) mass is 434 g/mol. The van der Waals surface area contributed by atoms with Gasteiger partial charge in [-0.3, -0.25) is 0 Å². The predicted octanol–water partition coefficient (Wildman–Crippen LogP) is 3.60. The molecule has 0 bridgehead atoms.